The number of aromatic nitrogens is 2. The van der Waals surface area contributed by atoms with Crippen LogP contribution in [-0.2, 0) is 6.54 Å². The van der Waals surface area contributed by atoms with Crippen molar-refractivity contribution in [2.24, 2.45) is 5.41 Å². The fraction of sp³-hybridized carbons (Fsp3) is 0.625. The largest absolute Gasteiger partial charge is 0.271 e. The van der Waals surface area contributed by atoms with Crippen molar-refractivity contribution in [1.82, 2.24) is 9.78 Å². The molecule has 0 bridgehead atoms. The molecule has 68 valence electrons. The molecule has 0 fully saturated rings. The molecule has 0 aliphatic heterocycles. The van der Waals surface area contributed by atoms with Crippen LogP contribution in [0, 0.1) is 8.99 Å². The van der Waals surface area contributed by atoms with E-state index in [1.165, 1.54) is 3.57 Å². The monoisotopic (exact) mass is 296 g/mol. The topological polar surface area (TPSA) is 17.8 Å². The third-order valence-corrected chi connectivity index (χ3v) is 3.03. The first-order chi connectivity index (χ1) is 5.53. The number of halogens is 1. The second-order valence-electron chi connectivity index (χ2n) is 3.68. The van der Waals surface area contributed by atoms with Gasteiger partial charge in [0.15, 0.2) is 0 Å². The van der Waals surface area contributed by atoms with Crippen molar-refractivity contribution in [3.05, 3.63) is 16.0 Å². The minimum absolute atomic E-state index is 0.220. The molecule has 0 aromatic carbocycles. The van der Waals surface area contributed by atoms with Gasteiger partial charge in [0.25, 0.3) is 0 Å². The molecule has 0 spiro atoms. The van der Waals surface area contributed by atoms with Crippen molar-refractivity contribution in [2.45, 2.75) is 20.4 Å². The van der Waals surface area contributed by atoms with Crippen molar-refractivity contribution in [3.63, 3.8) is 0 Å². The zero-order valence-corrected chi connectivity index (χ0v) is 10.3. The van der Waals surface area contributed by atoms with E-state index in [4.69, 9.17) is 0 Å². The van der Waals surface area contributed by atoms with Crippen molar-refractivity contribution in [3.8, 4) is 0 Å². The summed E-state index contributed by atoms with van der Waals surface area (Å²) in [5, 5.41) is 4.22. The SMILES string of the molecule is CC(C)(CS)Cn1cc(I)cn1. The molecular formula is C8H13IN2S. The first-order valence-electron chi connectivity index (χ1n) is 3.82. The van der Waals surface area contributed by atoms with Crippen LogP contribution in [-0.4, -0.2) is 15.5 Å². The van der Waals surface area contributed by atoms with E-state index in [1.54, 1.807) is 0 Å². The van der Waals surface area contributed by atoms with Gasteiger partial charge in [0.05, 0.1) is 9.77 Å². The molecule has 0 saturated heterocycles. The molecule has 1 aromatic rings. The van der Waals surface area contributed by atoms with Crippen LogP contribution in [0.3, 0.4) is 0 Å². The average Bonchev–Trinajstić information content (AvgIpc) is 2.35. The Bertz CT molecular complexity index is 257. The van der Waals surface area contributed by atoms with Crippen LogP contribution in [0.1, 0.15) is 13.8 Å². The molecule has 0 radical (unpaired) electrons. The highest BCUT2D eigenvalue weighted by Gasteiger charge is 2.16. The Hall–Kier alpha value is 0.290. The smallest absolute Gasteiger partial charge is 0.0623 e. The number of rotatable bonds is 3. The molecule has 2 nitrogen and oxygen atoms in total. The Balaban J connectivity index is 2.63. The van der Waals surface area contributed by atoms with Crippen molar-refractivity contribution in [1.29, 1.82) is 0 Å². The number of thiol groups is 1. The Morgan fingerprint density at radius 3 is 2.75 bits per heavy atom. The van der Waals surface area contributed by atoms with Gasteiger partial charge in [-0.15, -0.1) is 0 Å². The van der Waals surface area contributed by atoms with Gasteiger partial charge in [-0.05, 0) is 33.8 Å². The van der Waals surface area contributed by atoms with Crippen LogP contribution in [0.4, 0.5) is 0 Å². The molecule has 0 unspecified atom stereocenters. The van der Waals surface area contributed by atoms with Gasteiger partial charge in [0, 0.05) is 12.7 Å². The predicted octanol–water partition coefficient (Wildman–Crippen LogP) is 2.44. The van der Waals surface area contributed by atoms with Crippen LogP contribution in [0.2, 0.25) is 0 Å². The summed E-state index contributed by atoms with van der Waals surface area (Å²) in [6.07, 6.45) is 3.92. The highest BCUT2D eigenvalue weighted by molar-refractivity contribution is 14.1. The zero-order chi connectivity index (χ0) is 9.19. The van der Waals surface area contributed by atoms with E-state index in [1.807, 2.05) is 17.1 Å². The van der Waals surface area contributed by atoms with Gasteiger partial charge in [0.1, 0.15) is 0 Å². The summed E-state index contributed by atoms with van der Waals surface area (Å²) in [5.74, 6) is 0.878. The second kappa shape index (κ2) is 4.00. The van der Waals surface area contributed by atoms with Gasteiger partial charge in [-0.25, -0.2) is 0 Å². The fourth-order valence-corrected chi connectivity index (χ4v) is 1.46. The molecule has 0 N–H and O–H groups in total. The number of nitrogens with zero attached hydrogens (tertiary/aromatic N) is 2. The fourth-order valence-electron chi connectivity index (χ4n) is 0.913. The van der Waals surface area contributed by atoms with Gasteiger partial charge in [-0.1, -0.05) is 13.8 Å². The number of hydrogen-bond acceptors (Lipinski definition) is 2. The first-order valence-corrected chi connectivity index (χ1v) is 5.53. The van der Waals surface area contributed by atoms with Crippen molar-refractivity contribution >= 4 is 35.2 Å². The van der Waals surface area contributed by atoms with Gasteiger partial charge in [-0.2, -0.15) is 17.7 Å². The molecule has 0 saturated carbocycles. The second-order valence-corrected chi connectivity index (χ2v) is 5.24. The van der Waals surface area contributed by atoms with Crippen molar-refractivity contribution in [2.75, 3.05) is 5.75 Å². The van der Waals surface area contributed by atoms with Crippen LogP contribution < -0.4 is 0 Å². The highest BCUT2D eigenvalue weighted by Crippen LogP contribution is 2.19. The van der Waals surface area contributed by atoms with E-state index in [9.17, 15) is 0 Å². The van der Waals surface area contributed by atoms with Crippen LogP contribution in [0.25, 0.3) is 0 Å². The minimum atomic E-state index is 0.220. The third-order valence-electron chi connectivity index (χ3n) is 1.62. The normalized spacial score (nSPS) is 12.0. The molecule has 12 heavy (non-hydrogen) atoms. The minimum Gasteiger partial charge on any atom is -0.271 e. The van der Waals surface area contributed by atoms with Crippen molar-refractivity contribution < 1.29 is 0 Å². The Labute approximate surface area is 92.3 Å². The molecule has 0 amide bonds. The summed E-state index contributed by atoms with van der Waals surface area (Å²) in [4.78, 5) is 0. The lowest BCUT2D eigenvalue weighted by atomic mass is 9.97. The van der Waals surface area contributed by atoms with Crippen LogP contribution >= 0.6 is 35.2 Å². The standard InChI is InChI=1S/C8H13IN2S/c1-8(2,6-12)5-11-4-7(9)3-10-11/h3-4,12H,5-6H2,1-2H3. The predicted molar refractivity (Wildman–Crippen MR) is 62.6 cm³/mol. The maximum Gasteiger partial charge on any atom is 0.0623 e. The number of hydrogen-bond donors (Lipinski definition) is 1. The molecule has 1 aromatic heterocycles. The van der Waals surface area contributed by atoms with E-state index >= 15 is 0 Å². The summed E-state index contributed by atoms with van der Waals surface area (Å²) in [7, 11) is 0. The molecule has 0 atom stereocenters. The summed E-state index contributed by atoms with van der Waals surface area (Å²) < 4.78 is 3.15. The van der Waals surface area contributed by atoms with Gasteiger partial charge in [0.2, 0.25) is 0 Å². The van der Waals surface area contributed by atoms with Gasteiger partial charge in [-0.3, -0.25) is 4.68 Å². The zero-order valence-electron chi connectivity index (χ0n) is 7.29. The molecule has 1 rings (SSSR count). The molecule has 4 heteroatoms. The molecule has 1 heterocycles. The quantitative estimate of drug-likeness (QED) is 0.670. The maximum absolute atomic E-state index is 4.30. The lowest BCUT2D eigenvalue weighted by Crippen LogP contribution is -2.21. The third kappa shape index (κ3) is 2.97. The Kier molecular flexibility index (Phi) is 3.46. The molecular weight excluding hydrogens is 283 g/mol. The van der Waals surface area contributed by atoms with Gasteiger partial charge >= 0.3 is 0 Å². The van der Waals surface area contributed by atoms with E-state index in [-0.39, 0.29) is 5.41 Å². The average molecular weight is 296 g/mol. The van der Waals surface area contributed by atoms with E-state index < -0.39 is 0 Å². The van der Waals surface area contributed by atoms with Crippen LogP contribution in [0.5, 0.6) is 0 Å². The van der Waals surface area contributed by atoms with E-state index in [0.29, 0.717) is 0 Å². The lowest BCUT2D eigenvalue weighted by molar-refractivity contribution is 0.334. The van der Waals surface area contributed by atoms with Crippen LogP contribution in [0.15, 0.2) is 12.4 Å². The summed E-state index contributed by atoms with van der Waals surface area (Å²) in [5.41, 5.74) is 0.220. The Morgan fingerprint density at radius 1 is 1.67 bits per heavy atom. The van der Waals surface area contributed by atoms with E-state index in [0.717, 1.165) is 12.3 Å². The first kappa shape index (κ1) is 10.4. The maximum atomic E-state index is 4.30. The highest BCUT2D eigenvalue weighted by atomic mass is 127. The summed E-state index contributed by atoms with van der Waals surface area (Å²) in [6.45, 7) is 5.31. The lowest BCUT2D eigenvalue weighted by Gasteiger charge is -2.21. The molecule has 0 aliphatic carbocycles. The summed E-state index contributed by atoms with van der Waals surface area (Å²) in [6, 6.07) is 0. The molecule has 0 aliphatic rings. The van der Waals surface area contributed by atoms with Gasteiger partial charge < -0.3 is 0 Å². The Morgan fingerprint density at radius 2 is 2.33 bits per heavy atom. The summed E-state index contributed by atoms with van der Waals surface area (Å²) >= 11 is 6.56. The van der Waals surface area contributed by atoms with E-state index in [2.05, 4.69) is 54.2 Å².